The molecule has 2 atom stereocenters. The molecular weight excluding hydrogens is 250 g/mol. The molecule has 1 aliphatic rings. The Labute approximate surface area is 123 Å². The number of thiocarbonyl (C=S) groups is 1. The maximum absolute atomic E-state index is 5.64. The first kappa shape index (κ1) is 14.7. The minimum atomic E-state index is 0.725. The third-order valence-electron chi connectivity index (χ3n) is 4.27. The maximum Gasteiger partial charge on any atom is 0.0121 e. The summed E-state index contributed by atoms with van der Waals surface area (Å²) in [7, 11) is 4.42. The Morgan fingerprint density at radius 3 is 2.53 bits per heavy atom. The molecule has 0 unspecified atom stereocenters. The second-order valence-corrected chi connectivity index (χ2v) is 6.56. The van der Waals surface area contributed by atoms with E-state index in [1.165, 1.54) is 36.1 Å². The lowest BCUT2D eigenvalue weighted by molar-refractivity contribution is 0.160. The van der Waals surface area contributed by atoms with E-state index in [9.17, 15) is 0 Å². The number of rotatable bonds is 5. The summed E-state index contributed by atoms with van der Waals surface area (Å²) in [6.45, 7) is 0. The highest BCUT2D eigenvalue weighted by Gasteiger charge is 2.27. The second-order valence-electron chi connectivity index (χ2n) is 5.98. The minimum absolute atomic E-state index is 0.725. The molecule has 0 heterocycles. The molecule has 0 N–H and O–H groups in total. The molecule has 0 bridgehead atoms. The van der Waals surface area contributed by atoms with E-state index in [1.54, 1.807) is 0 Å². The molecule has 0 aliphatic heterocycles. The molecule has 1 nitrogen and oxygen atoms in total. The van der Waals surface area contributed by atoms with Gasteiger partial charge in [0.2, 0.25) is 0 Å². The predicted molar refractivity (Wildman–Crippen MR) is 86.8 cm³/mol. The van der Waals surface area contributed by atoms with E-state index in [1.807, 2.05) is 0 Å². The van der Waals surface area contributed by atoms with Crippen LogP contribution in [0, 0.1) is 5.92 Å². The Morgan fingerprint density at radius 2 is 1.84 bits per heavy atom. The van der Waals surface area contributed by atoms with Crippen LogP contribution in [0.2, 0.25) is 0 Å². The van der Waals surface area contributed by atoms with Crippen LogP contribution >= 0.6 is 12.2 Å². The predicted octanol–water partition coefficient (Wildman–Crippen LogP) is 4.11. The molecule has 0 radical (unpaired) electrons. The number of hydrogen-bond acceptors (Lipinski definition) is 2. The zero-order chi connectivity index (χ0) is 13.7. The molecular formula is C17H25NS. The van der Waals surface area contributed by atoms with Crippen molar-refractivity contribution < 1.29 is 0 Å². The summed E-state index contributed by atoms with van der Waals surface area (Å²) >= 11 is 5.64. The Morgan fingerprint density at radius 1 is 1.16 bits per heavy atom. The van der Waals surface area contributed by atoms with E-state index in [2.05, 4.69) is 49.3 Å². The van der Waals surface area contributed by atoms with Crippen molar-refractivity contribution >= 4 is 17.1 Å². The summed E-state index contributed by atoms with van der Waals surface area (Å²) in [5, 5.41) is 0. The van der Waals surface area contributed by atoms with Gasteiger partial charge in [0, 0.05) is 12.5 Å². The molecule has 1 saturated carbocycles. The van der Waals surface area contributed by atoms with Gasteiger partial charge in [-0.3, -0.25) is 0 Å². The maximum atomic E-state index is 5.64. The van der Waals surface area contributed by atoms with Crippen LogP contribution in [-0.4, -0.2) is 29.9 Å². The quantitative estimate of drug-likeness (QED) is 0.744. The smallest absolute Gasteiger partial charge is 0.0121 e. The number of benzene rings is 1. The molecule has 1 aliphatic carbocycles. The van der Waals surface area contributed by atoms with Gasteiger partial charge in [0.25, 0.3) is 0 Å². The van der Waals surface area contributed by atoms with Crippen LogP contribution in [0.15, 0.2) is 30.3 Å². The van der Waals surface area contributed by atoms with E-state index in [4.69, 9.17) is 12.2 Å². The van der Waals surface area contributed by atoms with Crippen molar-refractivity contribution in [3.05, 3.63) is 35.9 Å². The number of nitrogens with zero attached hydrogens (tertiary/aromatic N) is 1. The Hall–Kier alpha value is -0.730. The zero-order valence-electron chi connectivity index (χ0n) is 12.1. The van der Waals surface area contributed by atoms with Gasteiger partial charge in [-0.15, -0.1) is 0 Å². The van der Waals surface area contributed by atoms with Crippen molar-refractivity contribution in [3.8, 4) is 0 Å². The molecule has 1 aromatic rings. The lowest BCUT2D eigenvalue weighted by atomic mass is 9.80. The summed E-state index contributed by atoms with van der Waals surface area (Å²) in [4.78, 5) is 3.62. The van der Waals surface area contributed by atoms with Crippen molar-refractivity contribution in [2.45, 2.75) is 44.6 Å². The van der Waals surface area contributed by atoms with Gasteiger partial charge in [0.1, 0.15) is 0 Å². The van der Waals surface area contributed by atoms with E-state index >= 15 is 0 Å². The van der Waals surface area contributed by atoms with Crippen LogP contribution in [0.4, 0.5) is 0 Å². The van der Waals surface area contributed by atoms with E-state index < -0.39 is 0 Å². The van der Waals surface area contributed by atoms with Crippen LogP contribution in [-0.2, 0) is 6.42 Å². The highest BCUT2D eigenvalue weighted by Crippen LogP contribution is 2.30. The van der Waals surface area contributed by atoms with Gasteiger partial charge in [-0.2, -0.15) is 0 Å². The number of hydrogen-bond donors (Lipinski definition) is 0. The van der Waals surface area contributed by atoms with Crippen LogP contribution < -0.4 is 0 Å². The van der Waals surface area contributed by atoms with Gasteiger partial charge in [0.05, 0.1) is 0 Å². The van der Waals surface area contributed by atoms with Gasteiger partial charge >= 0.3 is 0 Å². The molecule has 2 heteroatoms. The first-order valence-corrected chi connectivity index (χ1v) is 7.79. The van der Waals surface area contributed by atoms with Crippen molar-refractivity contribution in [2.75, 3.05) is 14.1 Å². The lowest BCUT2D eigenvalue weighted by Crippen LogP contribution is -2.38. The first-order chi connectivity index (χ1) is 9.16. The molecule has 0 saturated heterocycles. The van der Waals surface area contributed by atoms with Gasteiger partial charge in [-0.1, -0.05) is 55.4 Å². The van der Waals surface area contributed by atoms with Gasteiger partial charge in [0.15, 0.2) is 0 Å². The summed E-state index contributed by atoms with van der Waals surface area (Å²) in [6.07, 6.45) is 7.52. The van der Waals surface area contributed by atoms with E-state index in [0.717, 1.165) is 24.8 Å². The fourth-order valence-electron chi connectivity index (χ4n) is 3.29. The average Bonchev–Trinajstić information content (AvgIpc) is 2.40. The van der Waals surface area contributed by atoms with Crippen LogP contribution in [0.1, 0.15) is 37.7 Å². The summed E-state index contributed by atoms with van der Waals surface area (Å²) in [5.74, 6) is 0.764. The van der Waals surface area contributed by atoms with Gasteiger partial charge in [-0.25, -0.2) is 0 Å². The summed E-state index contributed by atoms with van der Waals surface area (Å²) in [6, 6.07) is 11.3. The fourth-order valence-corrected chi connectivity index (χ4v) is 3.67. The molecule has 2 rings (SSSR count). The highest BCUT2D eigenvalue weighted by molar-refractivity contribution is 7.80. The normalized spacial score (nSPS) is 23.5. The van der Waals surface area contributed by atoms with Crippen LogP contribution in [0.25, 0.3) is 0 Å². The Balaban J connectivity index is 1.90. The zero-order valence-corrected chi connectivity index (χ0v) is 13.0. The third-order valence-corrected chi connectivity index (χ3v) is 4.58. The molecule has 0 aromatic heterocycles. The standard InChI is InChI=1S/C17H25NS/c1-18(2)17-11-7-6-10-15(17)13-16(19)12-14-8-4-3-5-9-14/h3-5,8-9,15,17H,6-7,10-13H2,1-2H3/t15-,17+/m0/s1. The summed E-state index contributed by atoms with van der Waals surface area (Å²) < 4.78 is 0. The molecule has 104 valence electrons. The summed E-state index contributed by atoms with van der Waals surface area (Å²) in [5.41, 5.74) is 1.35. The van der Waals surface area contributed by atoms with Crippen molar-refractivity contribution in [1.29, 1.82) is 0 Å². The fraction of sp³-hybridized carbons (Fsp3) is 0.588. The third kappa shape index (κ3) is 4.39. The van der Waals surface area contributed by atoms with Crippen LogP contribution in [0.3, 0.4) is 0 Å². The SMILES string of the molecule is CN(C)[C@@H]1CCCC[C@H]1CC(=S)Cc1ccccc1. The monoisotopic (exact) mass is 275 g/mol. The van der Waals surface area contributed by atoms with E-state index in [0.29, 0.717) is 0 Å². The van der Waals surface area contributed by atoms with Gasteiger partial charge in [-0.05, 0) is 49.7 Å². The van der Waals surface area contributed by atoms with Crippen molar-refractivity contribution in [3.63, 3.8) is 0 Å². The van der Waals surface area contributed by atoms with Crippen molar-refractivity contribution in [2.24, 2.45) is 5.92 Å². The largest absolute Gasteiger partial charge is 0.306 e. The highest BCUT2D eigenvalue weighted by atomic mass is 32.1. The topological polar surface area (TPSA) is 3.24 Å². The molecule has 0 amide bonds. The van der Waals surface area contributed by atoms with Crippen molar-refractivity contribution in [1.82, 2.24) is 4.90 Å². The molecule has 19 heavy (non-hydrogen) atoms. The molecule has 0 spiro atoms. The Bertz CT molecular complexity index is 399. The molecule has 1 fully saturated rings. The van der Waals surface area contributed by atoms with Gasteiger partial charge < -0.3 is 4.90 Å². The lowest BCUT2D eigenvalue weighted by Gasteiger charge is -2.36. The van der Waals surface area contributed by atoms with Crippen LogP contribution in [0.5, 0.6) is 0 Å². The van der Waals surface area contributed by atoms with E-state index in [-0.39, 0.29) is 0 Å². The first-order valence-electron chi connectivity index (χ1n) is 7.39. The Kier molecular flexibility index (Phi) is 5.53. The molecule has 1 aromatic carbocycles. The second kappa shape index (κ2) is 7.16. The average molecular weight is 275 g/mol. The minimum Gasteiger partial charge on any atom is -0.306 e.